The third-order valence-electron chi connectivity index (χ3n) is 4.32. The molecule has 2 rings (SSSR count). The molecular formula is C16H22O3. The van der Waals surface area contributed by atoms with Crippen molar-refractivity contribution in [2.45, 2.75) is 51.4 Å². The van der Waals surface area contributed by atoms with Gasteiger partial charge in [0.25, 0.3) is 0 Å². The maximum Gasteiger partial charge on any atom is 0.314 e. The van der Waals surface area contributed by atoms with E-state index >= 15 is 0 Å². The Bertz CT molecular complexity index is 499. The lowest BCUT2D eigenvalue weighted by molar-refractivity contribution is -0.147. The van der Waals surface area contributed by atoms with Crippen LogP contribution in [-0.4, -0.2) is 18.2 Å². The van der Waals surface area contributed by atoms with E-state index in [9.17, 15) is 9.90 Å². The number of aliphatic carboxylic acids is 1. The number of hydrogen-bond acceptors (Lipinski definition) is 2. The zero-order valence-electron chi connectivity index (χ0n) is 12.1. The van der Waals surface area contributed by atoms with Crippen molar-refractivity contribution in [1.29, 1.82) is 0 Å². The minimum absolute atomic E-state index is 0.320. The summed E-state index contributed by atoms with van der Waals surface area (Å²) >= 11 is 0. The van der Waals surface area contributed by atoms with E-state index in [1.807, 2.05) is 13.0 Å². The number of rotatable bonds is 4. The monoisotopic (exact) mass is 262 g/mol. The van der Waals surface area contributed by atoms with Crippen molar-refractivity contribution in [3.63, 3.8) is 0 Å². The van der Waals surface area contributed by atoms with Gasteiger partial charge in [-0.05, 0) is 36.8 Å². The summed E-state index contributed by atoms with van der Waals surface area (Å²) in [7, 11) is 1.64. The molecule has 3 heteroatoms. The van der Waals surface area contributed by atoms with Crippen molar-refractivity contribution < 1.29 is 14.6 Å². The number of ether oxygens (including phenoxy) is 1. The number of carboxylic acid groups (broad SMARTS) is 1. The van der Waals surface area contributed by atoms with Crippen molar-refractivity contribution in [3.8, 4) is 5.75 Å². The Kier molecular flexibility index (Phi) is 3.57. The average Bonchev–Trinajstić information content (AvgIpc) is 2.28. The Morgan fingerprint density at radius 2 is 2.00 bits per heavy atom. The van der Waals surface area contributed by atoms with Gasteiger partial charge in [0.2, 0.25) is 0 Å². The summed E-state index contributed by atoms with van der Waals surface area (Å²) in [6, 6.07) is 4.08. The third-order valence-corrected chi connectivity index (χ3v) is 4.32. The lowest BCUT2D eigenvalue weighted by Crippen LogP contribution is -2.43. The number of hydrogen-bond donors (Lipinski definition) is 1. The second-order valence-corrected chi connectivity index (χ2v) is 5.78. The maximum atomic E-state index is 11.7. The Morgan fingerprint density at radius 1 is 1.37 bits per heavy atom. The van der Waals surface area contributed by atoms with Crippen LogP contribution in [0.3, 0.4) is 0 Å². The maximum absolute atomic E-state index is 11.7. The lowest BCUT2D eigenvalue weighted by Gasteiger charge is -2.40. The van der Waals surface area contributed by atoms with Gasteiger partial charge >= 0.3 is 5.97 Å². The Hall–Kier alpha value is -1.51. The van der Waals surface area contributed by atoms with Crippen LogP contribution in [0, 0.1) is 6.92 Å². The molecular weight excluding hydrogens is 240 g/mol. The largest absolute Gasteiger partial charge is 0.496 e. The minimum Gasteiger partial charge on any atom is -0.496 e. The van der Waals surface area contributed by atoms with E-state index in [2.05, 4.69) is 19.9 Å². The van der Waals surface area contributed by atoms with Crippen molar-refractivity contribution in [2.75, 3.05) is 7.11 Å². The molecule has 0 aliphatic heterocycles. The predicted octanol–water partition coefficient (Wildman–Crippen LogP) is 3.63. The summed E-state index contributed by atoms with van der Waals surface area (Å²) in [5.41, 5.74) is 2.26. The molecule has 0 bridgehead atoms. The van der Waals surface area contributed by atoms with Crippen LogP contribution >= 0.6 is 0 Å². The van der Waals surface area contributed by atoms with Crippen LogP contribution in [0.15, 0.2) is 12.1 Å². The Balaban J connectivity index is 2.68. The Labute approximate surface area is 114 Å². The summed E-state index contributed by atoms with van der Waals surface area (Å²) in [6.45, 7) is 6.18. The van der Waals surface area contributed by atoms with Crippen molar-refractivity contribution in [1.82, 2.24) is 0 Å². The van der Waals surface area contributed by atoms with Gasteiger partial charge < -0.3 is 9.84 Å². The first kappa shape index (κ1) is 13.9. The highest BCUT2D eigenvalue weighted by Crippen LogP contribution is 2.50. The van der Waals surface area contributed by atoms with E-state index in [-0.39, 0.29) is 0 Å². The topological polar surface area (TPSA) is 46.5 Å². The first-order valence-electron chi connectivity index (χ1n) is 6.85. The van der Waals surface area contributed by atoms with Gasteiger partial charge in [0.05, 0.1) is 12.5 Å². The van der Waals surface area contributed by atoms with Gasteiger partial charge in [0, 0.05) is 5.56 Å². The highest BCUT2D eigenvalue weighted by molar-refractivity contribution is 5.84. The van der Waals surface area contributed by atoms with Crippen molar-refractivity contribution in [3.05, 3.63) is 28.8 Å². The lowest BCUT2D eigenvalue weighted by atomic mass is 9.62. The van der Waals surface area contributed by atoms with E-state index in [1.54, 1.807) is 7.11 Å². The fourth-order valence-electron chi connectivity index (χ4n) is 3.07. The molecule has 0 unspecified atom stereocenters. The van der Waals surface area contributed by atoms with Crippen molar-refractivity contribution >= 4 is 5.97 Å². The Morgan fingerprint density at radius 3 is 2.37 bits per heavy atom. The molecule has 1 saturated carbocycles. The predicted molar refractivity (Wildman–Crippen MR) is 75.0 cm³/mol. The van der Waals surface area contributed by atoms with Crippen LogP contribution in [-0.2, 0) is 10.2 Å². The second kappa shape index (κ2) is 4.87. The van der Waals surface area contributed by atoms with Gasteiger partial charge in [-0.15, -0.1) is 0 Å². The van der Waals surface area contributed by atoms with Crippen LogP contribution in [0.25, 0.3) is 0 Å². The van der Waals surface area contributed by atoms with Gasteiger partial charge in [0.1, 0.15) is 5.75 Å². The van der Waals surface area contributed by atoms with Gasteiger partial charge in [-0.1, -0.05) is 32.4 Å². The number of carbonyl (C=O) groups is 1. The number of benzene rings is 1. The summed E-state index contributed by atoms with van der Waals surface area (Å²) in [4.78, 5) is 11.7. The fraction of sp³-hybridized carbons (Fsp3) is 0.562. The molecule has 0 atom stereocenters. The minimum atomic E-state index is -0.736. The third kappa shape index (κ3) is 2.01. The molecule has 3 nitrogen and oxygen atoms in total. The molecule has 0 amide bonds. The molecule has 1 aliphatic carbocycles. The molecule has 0 saturated heterocycles. The highest BCUT2D eigenvalue weighted by atomic mass is 16.5. The number of aryl methyl sites for hydroxylation is 1. The summed E-state index contributed by atoms with van der Waals surface area (Å²) in [5.74, 6) is 0.373. The van der Waals surface area contributed by atoms with Gasteiger partial charge in [-0.3, -0.25) is 4.79 Å². The van der Waals surface area contributed by atoms with Crippen LogP contribution < -0.4 is 4.74 Å². The molecule has 1 aromatic carbocycles. The van der Waals surface area contributed by atoms with E-state index in [0.29, 0.717) is 18.8 Å². The normalized spacial score (nSPS) is 17.1. The zero-order valence-corrected chi connectivity index (χ0v) is 12.1. The van der Waals surface area contributed by atoms with Gasteiger partial charge in [0.15, 0.2) is 0 Å². The quantitative estimate of drug-likeness (QED) is 0.901. The van der Waals surface area contributed by atoms with Crippen molar-refractivity contribution in [2.24, 2.45) is 0 Å². The summed E-state index contributed by atoms with van der Waals surface area (Å²) in [5, 5.41) is 9.66. The molecule has 0 radical (unpaired) electrons. The SMILES string of the molecule is COc1c(C(C)C)ccc(C)c1C1(C(=O)O)CCC1. The van der Waals surface area contributed by atoms with Gasteiger partial charge in [-0.2, -0.15) is 0 Å². The van der Waals surface area contributed by atoms with E-state index in [1.165, 1.54) is 0 Å². The van der Waals surface area contributed by atoms with E-state index in [4.69, 9.17) is 4.74 Å². The second-order valence-electron chi connectivity index (χ2n) is 5.78. The first-order valence-corrected chi connectivity index (χ1v) is 6.85. The molecule has 1 N–H and O–H groups in total. The zero-order chi connectivity index (χ0) is 14.2. The number of methoxy groups -OCH3 is 1. The summed E-state index contributed by atoms with van der Waals surface area (Å²) in [6.07, 6.45) is 2.39. The van der Waals surface area contributed by atoms with Crippen LogP contribution in [0.1, 0.15) is 55.7 Å². The molecule has 104 valence electrons. The molecule has 1 aliphatic rings. The number of carboxylic acids is 1. The van der Waals surface area contributed by atoms with Gasteiger partial charge in [-0.25, -0.2) is 0 Å². The molecule has 1 fully saturated rings. The highest BCUT2D eigenvalue weighted by Gasteiger charge is 2.49. The molecule has 0 aromatic heterocycles. The molecule has 0 spiro atoms. The standard InChI is InChI=1S/C16H22O3/c1-10(2)12-7-6-11(3)13(14(12)19-4)16(15(17)18)8-5-9-16/h6-7,10H,5,8-9H2,1-4H3,(H,17,18). The van der Waals surface area contributed by atoms with Crippen LogP contribution in [0.5, 0.6) is 5.75 Å². The van der Waals surface area contributed by atoms with E-state index in [0.717, 1.165) is 28.9 Å². The van der Waals surface area contributed by atoms with E-state index < -0.39 is 11.4 Å². The fourth-order valence-corrected chi connectivity index (χ4v) is 3.07. The smallest absolute Gasteiger partial charge is 0.314 e. The molecule has 0 heterocycles. The van der Waals surface area contributed by atoms with Crippen LogP contribution in [0.2, 0.25) is 0 Å². The summed E-state index contributed by atoms with van der Waals surface area (Å²) < 4.78 is 5.59. The molecule has 19 heavy (non-hydrogen) atoms. The molecule has 1 aromatic rings. The average molecular weight is 262 g/mol. The first-order chi connectivity index (χ1) is 8.94. The van der Waals surface area contributed by atoms with Crippen LogP contribution in [0.4, 0.5) is 0 Å².